The molecule has 140 valence electrons. The Labute approximate surface area is 149 Å². The minimum Gasteiger partial charge on any atom is -0.493 e. The molecule has 1 aromatic rings. The number of nitrogens with one attached hydrogen (secondary N) is 1. The predicted octanol–water partition coefficient (Wildman–Crippen LogP) is 1.46. The van der Waals surface area contributed by atoms with Gasteiger partial charge < -0.3 is 19.7 Å². The van der Waals surface area contributed by atoms with Gasteiger partial charge in [-0.05, 0) is 37.5 Å². The lowest BCUT2D eigenvalue weighted by Gasteiger charge is -2.23. The Bertz CT molecular complexity index is 705. The normalized spacial score (nSPS) is 18.6. The van der Waals surface area contributed by atoms with Crippen molar-refractivity contribution in [3.63, 3.8) is 0 Å². The summed E-state index contributed by atoms with van der Waals surface area (Å²) in [5, 5.41) is 2.83. The van der Waals surface area contributed by atoms with E-state index in [1.54, 1.807) is 14.2 Å². The van der Waals surface area contributed by atoms with E-state index >= 15 is 0 Å². The van der Waals surface area contributed by atoms with Crippen molar-refractivity contribution >= 4 is 15.9 Å². The number of nitrogens with zero attached hydrogens (tertiary/aromatic N) is 1. The second kappa shape index (κ2) is 8.42. The molecule has 1 atom stereocenters. The maximum atomic E-state index is 12.2. The molecular weight excluding hydrogens is 344 g/mol. The SMILES string of the molecule is CCOc1ccc(CCNC(=O)N(C)C2CCS(=O)(=O)C2)cc1OC. The molecule has 1 fully saturated rings. The molecule has 0 saturated carbocycles. The third-order valence-corrected chi connectivity index (χ3v) is 6.04. The first-order chi connectivity index (χ1) is 11.9. The first-order valence-corrected chi connectivity index (χ1v) is 10.2. The molecule has 1 aliphatic heterocycles. The molecule has 0 aliphatic carbocycles. The molecule has 1 N–H and O–H groups in total. The van der Waals surface area contributed by atoms with E-state index in [-0.39, 0.29) is 23.6 Å². The van der Waals surface area contributed by atoms with Crippen LogP contribution in [-0.2, 0) is 16.3 Å². The van der Waals surface area contributed by atoms with Crippen LogP contribution in [-0.4, -0.2) is 64.2 Å². The number of rotatable bonds is 7. The van der Waals surface area contributed by atoms with Crippen LogP contribution >= 0.6 is 0 Å². The van der Waals surface area contributed by atoms with E-state index in [1.807, 2.05) is 25.1 Å². The van der Waals surface area contributed by atoms with Crippen LogP contribution in [0.5, 0.6) is 11.5 Å². The number of methoxy groups -OCH3 is 1. The van der Waals surface area contributed by atoms with E-state index in [2.05, 4.69) is 5.32 Å². The van der Waals surface area contributed by atoms with Gasteiger partial charge in [0.2, 0.25) is 0 Å². The number of ether oxygens (including phenoxy) is 2. The Kier molecular flexibility index (Phi) is 6.52. The van der Waals surface area contributed by atoms with Crippen LogP contribution in [0.2, 0.25) is 0 Å². The topological polar surface area (TPSA) is 84.9 Å². The van der Waals surface area contributed by atoms with Crippen LogP contribution in [0.4, 0.5) is 4.79 Å². The predicted molar refractivity (Wildman–Crippen MR) is 96.1 cm³/mol. The van der Waals surface area contributed by atoms with Gasteiger partial charge in [0.25, 0.3) is 0 Å². The highest BCUT2D eigenvalue weighted by molar-refractivity contribution is 7.91. The van der Waals surface area contributed by atoms with Gasteiger partial charge in [-0.25, -0.2) is 13.2 Å². The number of hydrogen-bond donors (Lipinski definition) is 1. The quantitative estimate of drug-likeness (QED) is 0.786. The van der Waals surface area contributed by atoms with Gasteiger partial charge in [-0.3, -0.25) is 0 Å². The van der Waals surface area contributed by atoms with E-state index in [9.17, 15) is 13.2 Å². The Morgan fingerprint density at radius 1 is 1.36 bits per heavy atom. The van der Waals surface area contributed by atoms with Crippen LogP contribution in [0.15, 0.2) is 18.2 Å². The molecular formula is C17H26N2O5S. The number of amides is 2. The molecule has 25 heavy (non-hydrogen) atoms. The zero-order valence-corrected chi connectivity index (χ0v) is 15.8. The lowest BCUT2D eigenvalue weighted by Crippen LogP contribution is -2.44. The standard InChI is InChI=1S/C17H26N2O5S/c1-4-24-15-6-5-13(11-16(15)23-3)7-9-18-17(20)19(2)14-8-10-25(21,22)12-14/h5-6,11,14H,4,7-10,12H2,1-3H3,(H,18,20). The fraction of sp³-hybridized carbons (Fsp3) is 0.588. The van der Waals surface area contributed by atoms with Crippen molar-refractivity contribution in [3.05, 3.63) is 23.8 Å². The van der Waals surface area contributed by atoms with Gasteiger partial charge >= 0.3 is 6.03 Å². The monoisotopic (exact) mass is 370 g/mol. The highest BCUT2D eigenvalue weighted by Gasteiger charge is 2.32. The van der Waals surface area contributed by atoms with Crippen molar-refractivity contribution < 1.29 is 22.7 Å². The molecule has 7 nitrogen and oxygen atoms in total. The van der Waals surface area contributed by atoms with E-state index in [0.29, 0.717) is 37.5 Å². The summed E-state index contributed by atoms with van der Waals surface area (Å²) in [6, 6.07) is 5.20. The van der Waals surface area contributed by atoms with Crippen molar-refractivity contribution in [2.24, 2.45) is 0 Å². The van der Waals surface area contributed by atoms with Crippen LogP contribution in [0.25, 0.3) is 0 Å². The van der Waals surface area contributed by atoms with E-state index < -0.39 is 9.84 Å². The second-order valence-corrected chi connectivity index (χ2v) is 8.30. The Morgan fingerprint density at radius 2 is 2.12 bits per heavy atom. The largest absolute Gasteiger partial charge is 0.493 e. The summed E-state index contributed by atoms with van der Waals surface area (Å²) in [5.74, 6) is 1.56. The molecule has 2 amide bonds. The van der Waals surface area contributed by atoms with E-state index in [0.717, 1.165) is 5.56 Å². The fourth-order valence-corrected chi connectivity index (χ4v) is 4.60. The van der Waals surface area contributed by atoms with Crippen LogP contribution in [0, 0.1) is 0 Å². The summed E-state index contributed by atoms with van der Waals surface area (Å²) in [6.07, 6.45) is 1.15. The molecule has 0 bridgehead atoms. The number of hydrogen-bond acceptors (Lipinski definition) is 5. The molecule has 1 aromatic carbocycles. The van der Waals surface area contributed by atoms with E-state index in [1.165, 1.54) is 4.90 Å². The lowest BCUT2D eigenvalue weighted by molar-refractivity contribution is 0.195. The minimum absolute atomic E-state index is 0.0486. The van der Waals surface area contributed by atoms with Gasteiger partial charge in [0, 0.05) is 19.6 Å². The highest BCUT2D eigenvalue weighted by Crippen LogP contribution is 2.28. The van der Waals surface area contributed by atoms with Crippen molar-refractivity contribution in [2.45, 2.75) is 25.8 Å². The number of urea groups is 1. The van der Waals surface area contributed by atoms with Crippen LogP contribution in [0.1, 0.15) is 18.9 Å². The average Bonchev–Trinajstić information content (AvgIpc) is 2.95. The molecule has 1 unspecified atom stereocenters. The third-order valence-electron chi connectivity index (χ3n) is 4.29. The lowest BCUT2D eigenvalue weighted by atomic mass is 10.1. The maximum absolute atomic E-state index is 12.2. The maximum Gasteiger partial charge on any atom is 0.317 e. The van der Waals surface area contributed by atoms with Gasteiger partial charge in [0.05, 0.1) is 25.2 Å². The summed E-state index contributed by atoms with van der Waals surface area (Å²) in [5.41, 5.74) is 1.02. The van der Waals surface area contributed by atoms with Crippen LogP contribution in [0.3, 0.4) is 0 Å². The number of benzene rings is 1. The van der Waals surface area contributed by atoms with Gasteiger partial charge in [-0.1, -0.05) is 6.07 Å². The summed E-state index contributed by atoms with van der Waals surface area (Å²) < 4.78 is 33.8. The van der Waals surface area contributed by atoms with Crippen molar-refractivity contribution in [3.8, 4) is 11.5 Å². The van der Waals surface area contributed by atoms with Gasteiger partial charge in [-0.15, -0.1) is 0 Å². The molecule has 0 spiro atoms. The summed E-state index contributed by atoms with van der Waals surface area (Å²) >= 11 is 0. The zero-order chi connectivity index (χ0) is 18.4. The van der Waals surface area contributed by atoms with Crippen molar-refractivity contribution in [1.82, 2.24) is 10.2 Å². The van der Waals surface area contributed by atoms with Crippen molar-refractivity contribution in [1.29, 1.82) is 0 Å². The van der Waals surface area contributed by atoms with E-state index in [4.69, 9.17) is 9.47 Å². The molecule has 8 heteroatoms. The molecule has 0 radical (unpaired) electrons. The average molecular weight is 370 g/mol. The summed E-state index contributed by atoms with van der Waals surface area (Å²) in [6.45, 7) is 2.93. The number of carbonyl (C=O) groups excluding carboxylic acids is 1. The number of sulfone groups is 1. The van der Waals surface area contributed by atoms with Gasteiger partial charge in [0.1, 0.15) is 0 Å². The van der Waals surface area contributed by atoms with Crippen molar-refractivity contribution in [2.75, 3.05) is 38.8 Å². The first-order valence-electron chi connectivity index (χ1n) is 8.37. The molecule has 1 saturated heterocycles. The van der Waals surface area contributed by atoms with Crippen LogP contribution < -0.4 is 14.8 Å². The first kappa shape index (κ1) is 19.4. The molecule has 1 aliphatic rings. The molecule has 0 aromatic heterocycles. The Balaban J connectivity index is 1.84. The highest BCUT2D eigenvalue weighted by atomic mass is 32.2. The number of carbonyl (C=O) groups is 1. The van der Waals surface area contributed by atoms with Gasteiger partial charge in [-0.2, -0.15) is 0 Å². The smallest absolute Gasteiger partial charge is 0.317 e. The molecule has 1 heterocycles. The molecule has 2 rings (SSSR count). The van der Waals surface area contributed by atoms with Gasteiger partial charge in [0.15, 0.2) is 21.3 Å². The zero-order valence-electron chi connectivity index (χ0n) is 14.9. The summed E-state index contributed by atoms with van der Waals surface area (Å²) in [4.78, 5) is 13.7. The Hall–Kier alpha value is -1.96. The second-order valence-electron chi connectivity index (χ2n) is 6.07. The Morgan fingerprint density at radius 3 is 2.72 bits per heavy atom. The summed E-state index contributed by atoms with van der Waals surface area (Å²) in [7, 11) is 0.229. The third kappa shape index (κ3) is 5.26. The minimum atomic E-state index is -3.00. The fourth-order valence-electron chi connectivity index (χ4n) is 2.83.